The molecule has 0 aliphatic carbocycles. The molecule has 1 heterocycles. The van der Waals surface area contributed by atoms with Crippen molar-refractivity contribution in [1.29, 1.82) is 0 Å². The number of nitrogens with zero attached hydrogens (tertiary/aromatic N) is 1. The van der Waals surface area contributed by atoms with Gasteiger partial charge in [-0.2, -0.15) is 0 Å². The normalized spacial score (nSPS) is 11.9. The lowest BCUT2D eigenvalue weighted by Gasteiger charge is -2.24. The first-order chi connectivity index (χ1) is 9.62. The van der Waals surface area contributed by atoms with E-state index in [0.717, 1.165) is 21.7 Å². The number of fused-ring (bicyclic) bond motifs is 1. The molecule has 3 rings (SSSR count). The summed E-state index contributed by atoms with van der Waals surface area (Å²) < 4.78 is 1.19. The molecule has 0 fully saturated rings. The van der Waals surface area contributed by atoms with Gasteiger partial charge >= 0.3 is 0 Å². The van der Waals surface area contributed by atoms with Gasteiger partial charge in [0.05, 0.1) is 16.8 Å². The Labute approximate surface area is 122 Å². The molecular weight excluding hydrogens is 266 g/mol. The minimum Gasteiger partial charge on any atom is -0.395 e. The minimum atomic E-state index is -0.269. The summed E-state index contributed by atoms with van der Waals surface area (Å²) >= 11 is 1.70. The standard InChI is InChI=1S/C17H17NOS/c1-17(2,11-19)13-8-4-3-7-12(13)16-18-14-9-5-6-10-15(14)20-16/h3-10,19H,11H2,1-2H3. The molecule has 0 saturated carbocycles. The van der Waals surface area contributed by atoms with Gasteiger partial charge in [0.25, 0.3) is 0 Å². The Bertz CT molecular complexity index is 712. The van der Waals surface area contributed by atoms with Crippen molar-refractivity contribution in [2.75, 3.05) is 6.61 Å². The Hall–Kier alpha value is -1.71. The molecule has 0 aliphatic heterocycles. The van der Waals surface area contributed by atoms with Crippen molar-refractivity contribution in [2.45, 2.75) is 19.3 Å². The van der Waals surface area contributed by atoms with Gasteiger partial charge in [0.2, 0.25) is 0 Å². The Kier molecular flexibility index (Phi) is 3.32. The number of rotatable bonds is 3. The second-order valence-electron chi connectivity index (χ2n) is 5.57. The summed E-state index contributed by atoms with van der Waals surface area (Å²) in [6.45, 7) is 4.23. The third-order valence-corrected chi connectivity index (χ3v) is 4.65. The van der Waals surface area contributed by atoms with E-state index in [1.54, 1.807) is 11.3 Å². The molecule has 0 spiro atoms. The van der Waals surface area contributed by atoms with Crippen LogP contribution < -0.4 is 0 Å². The van der Waals surface area contributed by atoms with Crippen molar-refractivity contribution in [1.82, 2.24) is 4.98 Å². The fraction of sp³-hybridized carbons (Fsp3) is 0.235. The molecule has 0 amide bonds. The predicted octanol–water partition coefficient (Wildman–Crippen LogP) is 4.23. The van der Waals surface area contributed by atoms with Gasteiger partial charge in [0.15, 0.2) is 0 Å². The maximum Gasteiger partial charge on any atom is 0.124 e. The van der Waals surface area contributed by atoms with Crippen molar-refractivity contribution in [3.8, 4) is 10.6 Å². The molecule has 1 N–H and O–H groups in total. The summed E-state index contributed by atoms with van der Waals surface area (Å²) in [7, 11) is 0. The fourth-order valence-electron chi connectivity index (χ4n) is 2.33. The van der Waals surface area contributed by atoms with Crippen molar-refractivity contribution >= 4 is 21.6 Å². The van der Waals surface area contributed by atoms with Crippen LogP contribution in [0.4, 0.5) is 0 Å². The number of aliphatic hydroxyl groups excluding tert-OH is 1. The largest absolute Gasteiger partial charge is 0.395 e. The van der Waals surface area contributed by atoms with Crippen LogP contribution in [0.2, 0.25) is 0 Å². The SMILES string of the molecule is CC(C)(CO)c1ccccc1-c1nc2ccccc2s1. The van der Waals surface area contributed by atoms with E-state index in [-0.39, 0.29) is 12.0 Å². The van der Waals surface area contributed by atoms with Crippen LogP contribution in [0.5, 0.6) is 0 Å². The number of para-hydroxylation sites is 1. The van der Waals surface area contributed by atoms with Crippen LogP contribution in [0.1, 0.15) is 19.4 Å². The van der Waals surface area contributed by atoms with Gasteiger partial charge in [0.1, 0.15) is 5.01 Å². The average molecular weight is 283 g/mol. The molecule has 102 valence electrons. The monoisotopic (exact) mass is 283 g/mol. The van der Waals surface area contributed by atoms with E-state index in [2.05, 4.69) is 32.0 Å². The molecule has 2 nitrogen and oxygen atoms in total. The first-order valence-corrected chi connectivity index (χ1v) is 7.50. The average Bonchev–Trinajstić information content (AvgIpc) is 2.91. The Morgan fingerprint density at radius 1 is 1.05 bits per heavy atom. The van der Waals surface area contributed by atoms with Gasteiger partial charge in [-0.15, -0.1) is 11.3 Å². The number of aliphatic hydroxyl groups is 1. The Balaban J connectivity index is 2.19. The van der Waals surface area contributed by atoms with Crippen molar-refractivity contribution in [3.05, 3.63) is 54.1 Å². The molecule has 3 aromatic rings. The third-order valence-electron chi connectivity index (χ3n) is 3.58. The van der Waals surface area contributed by atoms with E-state index in [1.165, 1.54) is 4.70 Å². The van der Waals surface area contributed by atoms with Crippen LogP contribution in [0, 0.1) is 0 Å². The van der Waals surface area contributed by atoms with E-state index in [1.807, 2.05) is 30.3 Å². The van der Waals surface area contributed by atoms with Gasteiger partial charge in [-0.1, -0.05) is 50.2 Å². The molecule has 0 radical (unpaired) electrons. The van der Waals surface area contributed by atoms with Crippen LogP contribution in [-0.2, 0) is 5.41 Å². The fourth-order valence-corrected chi connectivity index (χ4v) is 3.34. The van der Waals surface area contributed by atoms with Crippen molar-refractivity contribution < 1.29 is 5.11 Å². The molecule has 0 unspecified atom stereocenters. The number of hydrogen-bond acceptors (Lipinski definition) is 3. The minimum absolute atomic E-state index is 0.120. The summed E-state index contributed by atoms with van der Waals surface area (Å²) in [5, 5.41) is 10.7. The summed E-state index contributed by atoms with van der Waals surface area (Å²) in [5.74, 6) is 0. The molecular formula is C17H17NOS. The van der Waals surface area contributed by atoms with Crippen molar-refractivity contribution in [2.24, 2.45) is 0 Å². The highest BCUT2D eigenvalue weighted by atomic mass is 32.1. The van der Waals surface area contributed by atoms with Gasteiger partial charge in [-0.3, -0.25) is 0 Å². The smallest absolute Gasteiger partial charge is 0.124 e. The number of aromatic nitrogens is 1. The highest BCUT2D eigenvalue weighted by Gasteiger charge is 2.24. The zero-order valence-corrected chi connectivity index (χ0v) is 12.4. The zero-order chi connectivity index (χ0) is 14.2. The lowest BCUT2D eigenvalue weighted by molar-refractivity contribution is 0.219. The Morgan fingerprint density at radius 2 is 1.75 bits per heavy atom. The number of thiazole rings is 1. The van der Waals surface area contributed by atoms with E-state index < -0.39 is 0 Å². The van der Waals surface area contributed by atoms with Crippen LogP contribution in [0.25, 0.3) is 20.8 Å². The molecule has 3 heteroatoms. The molecule has 1 aromatic heterocycles. The molecule has 0 aliphatic rings. The van der Waals surface area contributed by atoms with Crippen LogP contribution in [-0.4, -0.2) is 16.7 Å². The maximum absolute atomic E-state index is 9.64. The van der Waals surface area contributed by atoms with Crippen LogP contribution >= 0.6 is 11.3 Å². The first-order valence-electron chi connectivity index (χ1n) is 6.68. The topological polar surface area (TPSA) is 33.1 Å². The van der Waals surface area contributed by atoms with Gasteiger partial charge in [0, 0.05) is 11.0 Å². The lowest BCUT2D eigenvalue weighted by Crippen LogP contribution is -2.22. The molecule has 0 saturated heterocycles. The van der Waals surface area contributed by atoms with Gasteiger partial charge in [-0.05, 0) is 17.7 Å². The first kappa shape index (κ1) is 13.3. The zero-order valence-electron chi connectivity index (χ0n) is 11.6. The van der Waals surface area contributed by atoms with Crippen molar-refractivity contribution in [3.63, 3.8) is 0 Å². The summed E-state index contributed by atoms with van der Waals surface area (Å²) in [6.07, 6.45) is 0. The van der Waals surface area contributed by atoms with Gasteiger partial charge < -0.3 is 5.11 Å². The maximum atomic E-state index is 9.64. The quantitative estimate of drug-likeness (QED) is 0.780. The summed E-state index contributed by atoms with van der Waals surface area (Å²) in [6, 6.07) is 16.4. The molecule has 20 heavy (non-hydrogen) atoms. The number of benzene rings is 2. The summed E-state index contributed by atoms with van der Waals surface area (Å²) in [4.78, 5) is 4.73. The molecule has 0 atom stereocenters. The second kappa shape index (κ2) is 5.00. The van der Waals surface area contributed by atoms with E-state index >= 15 is 0 Å². The van der Waals surface area contributed by atoms with Crippen LogP contribution in [0.15, 0.2) is 48.5 Å². The summed E-state index contributed by atoms with van der Waals surface area (Å²) in [5.41, 5.74) is 3.02. The molecule has 0 bridgehead atoms. The van der Waals surface area contributed by atoms with Crippen LogP contribution in [0.3, 0.4) is 0 Å². The lowest BCUT2D eigenvalue weighted by atomic mass is 9.82. The second-order valence-corrected chi connectivity index (χ2v) is 6.60. The van der Waals surface area contributed by atoms with E-state index in [4.69, 9.17) is 4.98 Å². The highest BCUT2D eigenvalue weighted by Crippen LogP contribution is 2.36. The van der Waals surface area contributed by atoms with Gasteiger partial charge in [-0.25, -0.2) is 4.98 Å². The third kappa shape index (κ3) is 2.23. The number of hydrogen-bond donors (Lipinski definition) is 1. The molecule has 2 aromatic carbocycles. The van der Waals surface area contributed by atoms with E-state index in [9.17, 15) is 5.11 Å². The predicted molar refractivity (Wildman–Crippen MR) is 85.2 cm³/mol. The Morgan fingerprint density at radius 3 is 2.50 bits per heavy atom. The highest BCUT2D eigenvalue weighted by molar-refractivity contribution is 7.21. The van der Waals surface area contributed by atoms with E-state index in [0.29, 0.717) is 0 Å².